The largest absolute Gasteiger partial charge is 0.462 e. The molecule has 0 saturated carbocycles. The van der Waals surface area contributed by atoms with Gasteiger partial charge in [-0.1, -0.05) is 5.57 Å². The van der Waals surface area contributed by atoms with Crippen molar-refractivity contribution in [1.29, 1.82) is 0 Å². The van der Waals surface area contributed by atoms with Crippen LogP contribution in [0.4, 0.5) is 0 Å². The van der Waals surface area contributed by atoms with Gasteiger partial charge in [0.15, 0.2) is 0 Å². The number of esters is 1. The summed E-state index contributed by atoms with van der Waals surface area (Å²) in [6.45, 7) is 7.40. The van der Waals surface area contributed by atoms with Crippen LogP contribution in [0.3, 0.4) is 0 Å². The SMILES string of the molecule is [CH2]CC(C)=CCOC(C)=O. The minimum absolute atomic E-state index is 0.242. The van der Waals surface area contributed by atoms with Crippen LogP contribution in [-0.4, -0.2) is 12.6 Å². The van der Waals surface area contributed by atoms with E-state index >= 15 is 0 Å². The van der Waals surface area contributed by atoms with Crippen LogP contribution >= 0.6 is 0 Å². The Balaban J connectivity index is 3.43. The summed E-state index contributed by atoms with van der Waals surface area (Å²) in [6, 6.07) is 0. The zero-order chi connectivity index (χ0) is 7.98. The highest BCUT2D eigenvalue weighted by molar-refractivity contribution is 5.65. The van der Waals surface area contributed by atoms with E-state index in [0.717, 1.165) is 12.0 Å². The maximum Gasteiger partial charge on any atom is 0.302 e. The van der Waals surface area contributed by atoms with E-state index in [1.807, 2.05) is 13.0 Å². The highest BCUT2D eigenvalue weighted by atomic mass is 16.5. The van der Waals surface area contributed by atoms with Gasteiger partial charge in [-0.25, -0.2) is 0 Å². The van der Waals surface area contributed by atoms with Crippen molar-refractivity contribution in [1.82, 2.24) is 0 Å². The van der Waals surface area contributed by atoms with Crippen LogP contribution in [-0.2, 0) is 9.53 Å². The monoisotopic (exact) mass is 141 g/mol. The van der Waals surface area contributed by atoms with Gasteiger partial charge in [0.2, 0.25) is 0 Å². The van der Waals surface area contributed by atoms with Gasteiger partial charge in [-0.15, -0.1) is 0 Å². The van der Waals surface area contributed by atoms with E-state index in [0.29, 0.717) is 6.61 Å². The second-order valence-corrected chi connectivity index (χ2v) is 2.10. The van der Waals surface area contributed by atoms with Crippen LogP contribution in [0.1, 0.15) is 20.3 Å². The van der Waals surface area contributed by atoms with Gasteiger partial charge in [0.25, 0.3) is 0 Å². The molecule has 0 saturated heterocycles. The first-order valence-electron chi connectivity index (χ1n) is 3.25. The van der Waals surface area contributed by atoms with Crippen LogP contribution in [0.2, 0.25) is 0 Å². The second kappa shape index (κ2) is 5.03. The molecule has 0 bridgehead atoms. The van der Waals surface area contributed by atoms with Crippen LogP contribution in [0.5, 0.6) is 0 Å². The van der Waals surface area contributed by atoms with Gasteiger partial charge in [0.05, 0.1) is 0 Å². The first kappa shape index (κ1) is 9.21. The molecule has 1 radical (unpaired) electrons. The fraction of sp³-hybridized carbons (Fsp3) is 0.500. The lowest BCUT2D eigenvalue weighted by Crippen LogP contribution is -1.97. The minimum Gasteiger partial charge on any atom is -0.462 e. The first-order valence-corrected chi connectivity index (χ1v) is 3.25. The summed E-state index contributed by atoms with van der Waals surface area (Å²) >= 11 is 0. The smallest absolute Gasteiger partial charge is 0.302 e. The molecule has 2 heteroatoms. The third kappa shape index (κ3) is 5.35. The molecule has 0 unspecified atom stereocenters. The molecule has 0 aliphatic heterocycles. The van der Waals surface area contributed by atoms with Crippen molar-refractivity contribution in [3.8, 4) is 0 Å². The zero-order valence-electron chi connectivity index (χ0n) is 6.52. The molecule has 0 spiro atoms. The highest BCUT2D eigenvalue weighted by Gasteiger charge is 1.88. The van der Waals surface area contributed by atoms with Crippen molar-refractivity contribution in [2.75, 3.05) is 6.61 Å². The third-order valence-corrected chi connectivity index (χ3v) is 1.11. The summed E-state index contributed by atoms with van der Waals surface area (Å²) < 4.78 is 4.67. The topological polar surface area (TPSA) is 26.3 Å². The fourth-order valence-corrected chi connectivity index (χ4v) is 0.403. The van der Waals surface area contributed by atoms with Gasteiger partial charge in [-0.2, -0.15) is 0 Å². The van der Waals surface area contributed by atoms with Crippen molar-refractivity contribution in [2.24, 2.45) is 0 Å². The lowest BCUT2D eigenvalue weighted by atomic mass is 10.2. The molecule has 0 aliphatic rings. The number of hydrogen-bond donors (Lipinski definition) is 0. The van der Waals surface area contributed by atoms with Crippen LogP contribution in [0.25, 0.3) is 0 Å². The molecule has 0 N–H and O–H groups in total. The van der Waals surface area contributed by atoms with Crippen molar-refractivity contribution in [3.05, 3.63) is 18.6 Å². The molecule has 0 atom stereocenters. The Morgan fingerprint density at radius 1 is 1.60 bits per heavy atom. The lowest BCUT2D eigenvalue weighted by Gasteiger charge is -1.96. The second-order valence-electron chi connectivity index (χ2n) is 2.10. The van der Waals surface area contributed by atoms with Gasteiger partial charge in [0, 0.05) is 6.92 Å². The highest BCUT2D eigenvalue weighted by Crippen LogP contribution is 1.96. The Morgan fingerprint density at radius 2 is 2.20 bits per heavy atom. The molecule has 0 aromatic carbocycles. The molecule has 0 aromatic rings. The fourth-order valence-electron chi connectivity index (χ4n) is 0.403. The molecule has 57 valence electrons. The van der Waals surface area contributed by atoms with Gasteiger partial charge in [-0.3, -0.25) is 4.79 Å². The van der Waals surface area contributed by atoms with Crippen molar-refractivity contribution in [3.63, 3.8) is 0 Å². The Morgan fingerprint density at radius 3 is 2.60 bits per heavy atom. The van der Waals surface area contributed by atoms with E-state index in [1.54, 1.807) is 0 Å². The number of ether oxygens (including phenoxy) is 1. The minimum atomic E-state index is -0.242. The number of carbonyl (C=O) groups is 1. The standard InChI is InChI=1S/C8H13O2/c1-4-7(2)5-6-10-8(3)9/h5H,1,4,6H2,2-3H3. The normalized spacial score (nSPS) is 11.3. The Kier molecular flexibility index (Phi) is 4.63. The molecular weight excluding hydrogens is 128 g/mol. The van der Waals surface area contributed by atoms with Crippen LogP contribution in [0.15, 0.2) is 11.6 Å². The van der Waals surface area contributed by atoms with Crippen LogP contribution < -0.4 is 0 Å². The molecule has 0 heterocycles. The van der Waals surface area contributed by atoms with E-state index in [1.165, 1.54) is 6.92 Å². The van der Waals surface area contributed by atoms with E-state index in [9.17, 15) is 4.79 Å². The van der Waals surface area contributed by atoms with E-state index in [4.69, 9.17) is 0 Å². The van der Waals surface area contributed by atoms with Crippen molar-refractivity contribution < 1.29 is 9.53 Å². The van der Waals surface area contributed by atoms with Crippen LogP contribution in [0, 0.1) is 6.92 Å². The van der Waals surface area contributed by atoms with E-state index in [2.05, 4.69) is 11.7 Å². The average molecular weight is 141 g/mol. The molecule has 10 heavy (non-hydrogen) atoms. The summed E-state index contributed by atoms with van der Waals surface area (Å²) in [4.78, 5) is 10.2. The number of carbonyl (C=O) groups excluding carboxylic acids is 1. The van der Waals surface area contributed by atoms with Gasteiger partial charge in [-0.05, 0) is 26.3 Å². The number of hydrogen-bond acceptors (Lipinski definition) is 2. The molecule has 2 nitrogen and oxygen atoms in total. The summed E-state index contributed by atoms with van der Waals surface area (Å²) in [5.74, 6) is -0.242. The quantitative estimate of drug-likeness (QED) is 0.442. The average Bonchev–Trinajstić information content (AvgIpc) is 1.87. The lowest BCUT2D eigenvalue weighted by molar-refractivity contribution is -0.139. The van der Waals surface area contributed by atoms with Gasteiger partial charge < -0.3 is 4.74 Å². The maximum atomic E-state index is 10.2. The summed E-state index contributed by atoms with van der Waals surface area (Å²) in [7, 11) is 0. The first-order chi connectivity index (χ1) is 4.66. The summed E-state index contributed by atoms with van der Waals surface area (Å²) in [5.41, 5.74) is 1.14. The number of allylic oxidation sites excluding steroid dienone is 1. The third-order valence-electron chi connectivity index (χ3n) is 1.11. The molecule has 0 aliphatic carbocycles. The Bertz CT molecular complexity index is 136. The van der Waals surface area contributed by atoms with E-state index in [-0.39, 0.29) is 5.97 Å². The molecule has 0 amide bonds. The van der Waals surface area contributed by atoms with Gasteiger partial charge in [0.1, 0.15) is 6.61 Å². The Labute approximate surface area is 61.9 Å². The Hall–Kier alpha value is -0.790. The summed E-state index contributed by atoms with van der Waals surface area (Å²) in [6.07, 6.45) is 2.62. The van der Waals surface area contributed by atoms with Gasteiger partial charge >= 0.3 is 5.97 Å². The summed E-state index contributed by atoms with van der Waals surface area (Å²) in [5, 5.41) is 0. The predicted molar refractivity (Wildman–Crippen MR) is 40.4 cm³/mol. The zero-order valence-corrected chi connectivity index (χ0v) is 6.52. The molecule has 0 fully saturated rings. The molecule has 0 aromatic heterocycles. The van der Waals surface area contributed by atoms with Crippen molar-refractivity contribution >= 4 is 5.97 Å². The molecule has 0 rings (SSSR count). The van der Waals surface area contributed by atoms with Crippen molar-refractivity contribution in [2.45, 2.75) is 20.3 Å². The molecular formula is C8H13O2. The number of rotatable bonds is 3. The maximum absolute atomic E-state index is 10.2. The predicted octanol–water partition coefficient (Wildman–Crippen LogP) is 1.72. The van der Waals surface area contributed by atoms with E-state index < -0.39 is 0 Å².